The summed E-state index contributed by atoms with van der Waals surface area (Å²) in [6.45, 7) is 2.77. The van der Waals surface area contributed by atoms with E-state index < -0.39 is 0 Å². The first-order chi connectivity index (χ1) is 15.1. The highest BCUT2D eigenvalue weighted by Gasteiger charge is 2.21. The van der Waals surface area contributed by atoms with Crippen molar-refractivity contribution in [1.29, 1.82) is 0 Å². The maximum absolute atomic E-state index is 13.0. The number of carbonyl (C=O) groups excluding carboxylic acids is 2. The number of hydrogen-bond acceptors (Lipinski definition) is 3. The Morgan fingerprint density at radius 3 is 2.10 bits per heavy atom. The molecule has 1 aliphatic heterocycles. The number of nitrogens with one attached hydrogen (secondary N) is 1. The van der Waals surface area contributed by atoms with Crippen molar-refractivity contribution >= 4 is 23.2 Å². The SMILES string of the molecule is O=C(Nc1ccc(N2CCN(C(=O)Cc3ccc(F)cc3)CC2)cc1)c1ccccc1. The molecule has 0 spiro atoms. The molecule has 1 heterocycles. The highest BCUT2D eigenvalue weighted by Crippen LogP contribution is 2.20. The third kappa shape index (κ3) is 5.28. The minimum Gasteiger partial charge on any atom is -0.368 e. The number of hydrogen-bond donors (Lipinski definition) is 1. The van der Waals surface area contributed by atoms with E-state index in [1.165, 1.54) is 12.1 Å². The van der Waals surface area contributed by atoms with Crippen LogP contribution >= 0.6 is 0 Å². The summed E-state index contributed by atoms with van der Waals surface area (Å²) in [7, 11) is 0. The Bertz CT molecular complexity index is 1030. The molecule has 3 aromatic carbocycles. The average molecular weight is 417 g/mol. The molecule has 1 aliphatic rings. The minimum atomic E-state index is -0.296. The lowest BCUT2D eigenvalue weighted by atomic mass is 10.1. The molecule has 2 amide bonds. The number of anilines is 2. The summed E-state index contributed by atoms with van der Waals surface area (Å²) in [6.07, 6.45) is 0.288. The van der Waals surface area contributed by atoms with E-state index in [1.807, 2.05) is 47.4 Å². The Morgan fingerprint density at radius 1 is 0.806 bits per heavy atom. The number of carbonyl (C=O) groups is 2. The third-order valence-corrected chi connectivity index (χ3v) is 5.43. The molecule has 0 atom stereocenters. The fraction of sp³-hybridized carbons (Fsp3) is 0.200. The molecule has 0 bridgehead atoms. The van der Waals surface area contributed by atoms with Crippen LogP contribution in [0.2, 0.25) is 0 Å². The Labute approximate surface area is 181 Å². The largest absolute Gasteiger partial charge is 0.368 e. The summed E-state index contributed by atoms with van der Waals surface area (Å²) in [5.74, 6) is -0.373. The van der Waals surface area contributed by atoms with E-state index in [4.69, 9.17) is 0 Å². The highest BCUT2D eigenvalue weighted by atomic mass is 19.1. The van der Waals surface area contributed by atoms with Crippen LogP contribution in [0.25, 0.3) is 0 Å². The maximum atomic E-state index is 13.0. The molecule has 0 aromatic heterocycles. The molecule has 31 heavy (non-hydrogen) atoms. The van der Waals surface area contributed by atoms with Gasteiger partial charge in [-0.25, -0.2) is 4.39 Å². The summed E-state index contributed by atoms with van der Waals surface area (Å²) in [5.41, 5.74) is 3.24. The van der Waals surface area contributed by atoms with E-state index in [2.05, 4.69) is 10.2 Å². The van der Waals surface area contributed by atoms with Gasteiger partial charge in [-0.15, -0.1) is 0 Å². The van der Waals surface area contributed by atoms with Gasteiger partial charge in [0.25, 0.3) is 5.91 Å². The lowest BCUT2D eigenvalue weighted by molar-refractivity contribution is -0.130. The van der Waals surface area contributed by atoms with Crippen molar-refractivity contribution in [3.8, 4) is 0 Å². The van der Waals surface area contributed by atoms with E-state index in [0.717, 1.165) is 30.0 Å². The zero-order valence-corrected chi connectivity index (χ0v) is 17.1. The first kappa shape index (κ1) is 20.6. The molecule has 0 saturated carbocycles. The van der Waals surface area contributed by atoms with Crippen LogP contribution in [0.1, 0.15) is 15.9 Å². The summed E-state index contributed by atoms with van der Waals surface area (Å²) >= 11 is 0. The molecule has 3 aromatic rings. The molecule has 0 unspecified atom stereocenters. The molecule has 0 radical (unpaired) electrons. The standard InChI is InChI=1S/C25H24FN3O2/c26-21-8-6-19(7-9-21)18-24(30)29-16-14-28(15-17-29)23-12-10-22(11-13-23)27-25(31)20-4-2-1-3-5-20/h1-13H,14-18H2,(H,27,31). The van der Waals surface area contributed by atoms with Gasteiger partial charge < -0.3 is 15.1 Å². The Hall–Kier alpha value is -3.67. The smallest absolute Gasteiger partial charge is 0.255 e. The second-order valence-corrected chi connectivity index (χ2v) is 7.54. The Balaban J connectivity index is 1.29. The maximum Gasteiger partial charge on any atom is 0.255 e. The van der Waals surface area contributed by atoms with Gasteiger partial charge in [-0.3, -0.25) is 9.59 Å². The van der Waals surface area contributed by atoms with Gasteiger partial charge in [0.2, 0.25) is 5.91 Å². The van der Waals surface area contributed by atoms with Gasteiger partial charge in [0.05, 0.1) is 6.42 Å². The fourth-order valence-electron chi connectivity index (χ4n) is 3.65. The summed E-state index contributed by atoms with van der Waals surface area (Å²) in [4.78, 5) is 28.9. The third-order valence-electron chi connectivity index (χ3n) is 5.43. The van der Waals surface area contributed by atoms with Gasteiger partial charge in [0, 0.05) is 43.1 Å². The number of nitrogens with zero attached hydrogens (tertiary/aromatic N) is 2. The summed E-state index contributed by atoms with van der Waals surface area (Å²) < 4.78 is 13.0. The van der Waals surface area contributed by atoms with Gasteiger partial charge in [0.15, 0.2) is 0 Å². The van der Waals surface area contributed by atoms with Gasteiger partial charge in [-0.1, -0.05) is 30.3 Å². The predicted octanol–water partition coefficient (Wildman–Crippen LogP) is 3.97. The second kappa shape index (κ2) is 9.43. The van der Waals surface area contributed by atoms with Gasteiger partial charge in [0.1, 0.15) is 5.82 Å². The number of benzene rings is 3. The van der Waals surface area contributed by atoms with Crippen molar-refractivity contribution in [1.82, 2.24) is 4.90 Å². The summed E-state index contributed by atoms with van der Waals surface area (Å²) in [5, 5.41) is 2.90. The van der Waals surface area contributed by atoms with Crippen molar-refractivity contribution < 1.29 is 14.0 Å². The molecule has 1 fully saturated rings. The summed E-state index contributed by atoms with van der Waals surface area (Å²) in [6, 6.07) is 22.9. The Morgan fingerprint density at radius 2 is 1.45 bits per heavy atom. The average Bonchev–Trinajstić information content (AvgIpc) is 2.82. The van der Waals surface area contributed by atoms with Crippen LogP contribution in [-0.2, 0) is 11.2 Å². The van der Waals surface area contributed by atoms with E-state index in [9.17, 15) is 14.0 Å². The van der Waals surface area contributed by atoms with Gasteiger partial charge >= 0.3 is 0 Å². The number of rotatable bonds is 5. The number of piperazine rings is 1. The van der Waals surface area contributed by atoms with Crippen molar-refractivity contribution in [2.45, 2.75) is 6.42 Å². The Kier molecular flexibility index (Phi) is 6.26. The predicted molar refractivity (Wildman–Crippen MR) is 120 cm³/mol. The molecule has 1 saturated heterocycles. The van der Waals surface area contributed by atoms with Crippen LogP contribution < -0.4 is 10.2 Å². The van der Waals surface area contributed by atoms with Crippen molar-refractivity contribution in [2.24, 2.45) is 0 Å². The van der Waals surface area contributed by atoms with Crippen molar-refractivity contribution in [2.75, 3.05) is 36.4 Å². The molecule has 1 N–H and O–H groups in total. The van der Waals surface area contributed by atoms with Crippen molar-refractivity contribution in [3.63, 3.8) is 0 Å². The van der Waals surface area contributed by atoms with Crippen LogP contribution in [0.15, 0.2) is 78.9 Å². The molecule has 6 heteroatoms. The molecule has 0 aliphatic carbocycles. The quantitative estimate of drug-likeness (QED) is 0.684. The zero-order valence-electron chi connectivity index (χ0n) is 17.1. The van der Waals surface area contributed by atoms with Gasteiger partial charge in [-0.2, -0.15) is 0 Å². The monoisotopic (exact) mass is 417 g/mol. The van der Waals surface area contributed by atoms with Crippen molar-refractivity contribution in [3.05, 3.63) is 95.8 Å². The van der Waals surface area contributed by atoms with Crippen LogP contribution in [0.4, 0.5) is 15.8 Å². The molecular formula is C25H24FN3O2. The fourth-order valence-corrected chi connectivity index (χ4v) is 3.65. The van der Waals surface area contributed by atoms with Crippen LogP contribution in [0.3, 0.4) is 0 Å². The first-order valence-electron chi connectivity index (χ1n) is 10.3. The second-order valence-electron chi connectivity index (χ2n) is 7.54. The number of amides is 2. The molecule has 5 nitrogen and oxygen atoms in total. The molecule has 158 valence electrons. The normalized spacial score (nSPS) is 13.7. The van der Waals surface area contributed by atoms with E-state index in [1.54, 1.807) is 24.3 Å². The molecule has 4 rings (SSSR count). The lowest BCUT2D eigenvalue weighted by Gasteiger charge is -2.36. The van der Waals surface area contributed by atoms with E-state index >= 15 is 0 Å². The topological polar surface area (TPSA) is 52.7 Å². The van der Waals surface area contributed by atoms with E-state index in [-0.39, 0.29) is 24.1 Å². The highest BCUT2D eigenvalue weighted by molar-refractivity contribution is 6.04. The number of halogens is 1. The van der Waals surface area contributed by atoms with Crippen LogP contribution in [-0.4, -0.2) is 42.9 Å². The zero-order chi connectivity index (χ0) is 21.6. The first-order valence-corrected chi connectivity index (χ1v) is 10.3. The minimum absolute atomic E-state index is 0.0604. The van der Waals surface area contributed by atoms with E-state index in [0.29, 0.717) is 18.7 Å². The molecular weight excluding hydrogens is 393 g/mol. The lowest BCUT2D eigenvalue weighted by Crippen LogP contribution is -2.49. The van der Waals surface area contributed by atoms with Gasteiger partial charge in [-0.05, 0) is 54.1 Å². The van der Waals surface area contributed by atoms with Crippen LogP contribution in [0.5, 0.6) is 0 Å². The van der Waals surface area contributed by atoms with Crippen LogP contribution in [0, 0.1) is 5.82 Å².